The number of hydrogen-bond acceptors (Lipinski definition) is 6. The summed E-state index contributed by atoms with van der Waals surface area (Å²) in [6.07, 6.45) is 0.608. The fraction of sp³-hybridized carbons (Fsp3) is 0.455. The predicted octanol–water partition coefficient (Wildman–Crippen LogP) is 3.62. The Hall–Kier alpha value is -2.00. The van der Waals surface area contributed by atoms with Gasteiger partial charge in [0.1, 0.15) is 0 Å². The van der Waals surface area contributed by atoms with E-state index >= 15 is 0 Å². The zero-order valence-corrected chi connectivity index (χ0v) is 20.7. The first-order valence-electron chi connectivity index (χ1n) is 9.96. The highest BCUT2D eigenvalue weighted by atomic mass is 35.5. The molecule has 2 aromatic rings. The maximum atomic E-state index is 13.2. The van der Waals surface area contributed by atoms with E-state index in [0.29, 0.717) is 31.0 Å². The van der Waals surface area contributed by atoms with Gasteiger partial charge in [-0.05, 0) is 35.6 Å². The van der Waals surface area contributed by atoms with Crippen LogP contribution in [0.25, 0.3) is 0 Å². The molecule has 0 unspecified atom stereocenters. The minimum atomic E-state index is -1.24. The zero-order valence-electron chi connectivity index (χ0n) is 18.4. The Kier molecular flexibility index (Phi) is 11.1. The zero-order chi connectivity index (χ0) is 23.5. The smallest absolute Gasteiger partial charge is 0.256 e. The second kappa shape index (κ2) is 13.5. The number of benzene rings is 1. The fourth-order valence-corrected chi connectivity index (χ4v) is 4.05. The van der Waals surface area contributed by atoms with Crippen molar-refractivity contribution in [2.45, 2.75) is 17.8 Å². The Morgan fingerprint density at radius 2 is 1.78 bits per heavy atom. The van der Waals surface area contributed by atoms with Crippen LogP contribution in [0.4, 0.5) is 0 Å². The van der Waals surface area contributed by atoms with Gasteiger partial charge in [0.15, 0.2) is 16.3 Å². The average Bonchev–Trinajstić information content (AvgIpc) is 3.31. The molecule has 0 atom stereocenters. The van der Waals surface area contributed by atoms with Crippen LogP contribution in [0.5, 0.6) is 11.5 Å². The molecule has 0 fully saturated rings. The largest absolute Gasteiger partial charge is 0.493 e. The molecule has 0 saturated carbocycles. The van der Waals surface area contributed by atoms with Gasteiger partial charge < -0.3 is 24.0 Å². The number of alkyl halides is 2. The summed E-state index contributed by atoms with van der Waals surface area (Å²) in [7, 11) is 4.69. The van der Waals surface area contributed by atoms with Crippen molar-refractivity contribution in [2.24, 2.45) is 0 Å². The SMILES string of the molecule is COCCN(CC(=O)N(CCc1ccc(OC)c(OC)c1)Cc1cccs1)C(=O)C(Cl)Cl. The van der Waals surface area contributed by atoms with Crippen LogP contribution >= 0.6 is 34.5 Å². The van der Waals surface area contributed by atoms with Gasteiger partial charge >= 0.3 is 0 Å². The molecule has 7 nitrogen and oxygen atoms in total. The van der Waals surface area contributed by atoms with E-state index in [9.17, 15) is 9.59 Å². The van der Waals surface area contributed by atoms with Crippen molar-refractivity contribution in [2.75, 3.05) is 47.6 Å². The molecule has 0 saturated heterocycles. The van der Waals surface area contributed by atoms with Crippen molar-refractivity contribution in [3.05, 3.63) is 46.2 Å². The molecule has 0 N–H and O–H groups in total. The lowest BCUT2D eigenvalue weighted by Crippen LogP contribution is -2.46. The number of amides is 2. The lowest BCUT2D eigenvalue weighted by Gasteiger charge is -2.28. The van der Waals surface area contributed by atoms with E-state index in [1.165, 1.54) is 12.0 Å². The predicted molar refractivity (Wildman–Crippen MR) is 127 cm³/mol. The van der Waals surface area contributed by atoms with Gasteiger partial charge in [-0.2, -0.15) is 0 Å². The molecule has 0 aliphatic rings. The first-order valence-corrected chi connectivity index (χ1v) is 11.7. The quantitative estimate of drug-likeness (QED) is 0.391. The number of thiophene rings is 1. The van der Waals surface area contributed by atoms with Gasteiger partial charge in [0.05, 0.1) is 33.9 Å². The highest BCUT2D eigenvalue weighted by molar-refractivity contribution is 7.09. The standard InChI is InChI=1S/C22H28Cl2N2O5S/c1-29-11-10-26(22(28)21(23)24)15-20(27)25(14-17-5-4-12-32-17)9-8-16-6-7-18(30-2)19(13-16)31-3/h4-7,12-13,21H,8-11,14-15H2,1-3H3. The van der Waals surface area contributed by atoms with Crippen molar-refractivity contribution in [1.29, 1.82) is 0 Å². The molecule has 32 heavy (non-hydrogen) atoms. The molecular formula is C22H28Cl2N2O5S. The maximum absolute atomic E-state index is 13.2. The number of nitrogens with zero attached hydrogens (tertiary/aromatic N) is 2. The van der Waals surface area contributed by atoms with E-state index in [0.717, 1.165) is 10.4 Å². The van der Waals surface area contributed by atoms with Crippen LogP contribution in [0.1, 0.15) is 10.4 Å². The van der Waals surface area contributed by atoms with Crippen LogP contribution in [0.3, 0.4) is 0 Å². The van der Waals surface area contributed by atoms with E-state index < -0.39 is 10.7 Å². The van der Waals surface area contributed by atoms with Gasteiger partial charge in [-0.15, -0.1) is 11.3 Å². The van der Waals surface area contributed by atoms with Gasteiger partial charge in [-0.3, -0.25) is 9.59 Å². The van der Waals surface area contributed by atoms with Gasteiger partial charge in [0, 0.05) is 25.1 Å². The topological polar surface area (TPSA) is 68.3 Å². The van der Waals surface area contributed by atoms with E-state index in [4.69, 9.17) is 37.4 Å². The summed E-state index contributed by atoms with van der Waals surface area (Å²) in [4.78, 5) is 28.4. The van der Waals surface area contributed by atoms with E-state index in [1.54, 1.807) is 30.5 Å². The molecule has 1 aromatic carbocycles. The molecule has 0 aliphatic heterocycles. The third kappa shape index (κ3) is 7.85. The molecule has 1 aromatic heterocycles. The molecule has 0 radical (unpaired) electrons. The summed E-state index contributed by atoms with van der Waals surface area (Å²) < 4.78 is 15.7. The molecule has 2 rings (SSSR count). The Morgan fingerprint density at radius 3 is 2.38 bits per heavy atom. The Balaban J connectivity index is 2.14. The Bertz CT molecular complexity index is 864. The molecule has 176 valence electrons. The summed E-state index contributed by atoms with van der Waals surface area (Å²) in [5, 5.41) is 1.96. The van der Waals surface area contributed by atoms with E-state index in [1.807, 2.05) is 35.7 Å². The number of carbonyl (C=O) groups excluding carboxylic acids is 2. The van der Waals surface area contributed by atoms with Crippen molar-refractivity contribution in [3.8, 4) is 11.5 Å². The van der Waals surface area contributed by atoms with Crippen LogP contribution in [0.2, 0.25) is 0 Å². The third-order valence-corrected chi connectivity index (χ3v) is 6.02. The van der Waals surface area contributed by atoms with Crippen molar-refractivity contribution in [1.82, 2.24) is 9.80 Å². The minimum absolute atomic E-state index is 0.130. The van der Waals surface area contributed by atoms with Crippen LogP contribution in [0.15, 0.2) is 35.7 Å². The monoisotopic (exact) mass is 502 g/mol. The second-order valence-electron chi connectivity index (χ2n) is 6.89. The average molecular weight is 503 g/mol. The Labute approximate surface area is 202 Å². The molecule has 0 aliphatic carbocycles. The van der Waals surface area contributed by atoms with Crippen molar-refractivity contribution in [3.63, 3.8) is 0 Å². The van der Waals surface area contributed by atoms with Crippen LogP contribution in [0, 0.1) is 0 Å². The lowest BCUT2D eigenvalue weighted by molar-refractivity contribution is -0.140. The van der Waals surface area contributed by atoms with Crippen LogP contribution in [-0.4, -0.2) is 74.0 Å². The second-order valence-corrected chi connectivity index (χ2v) is 9.02. The number of rotatable bonds is 13. The molecule has 10 heteroatoms. The highest BCUT2D eigenvalue weighted by Gasteiger charge is 2.25. The van der Waals surface area contributed by atoms with Crippen molar-refractivity contribution < 1.29 is 23.8 Å². The first kappa shape index (κ1) is 26.3. The number of carbonyl (C=O) groups is 2. The van der Waals surface area contributed by atoms with Gasteiger partial charge in [0.25, 0.3) is 5.91 Å². The normalized spacial score (nSPS) is 10.8. The molecule has 0 bridgehead atoms. The van der Waals surface area contributed by atoms with E-state index in [-0.39, 0.29) is 25.6 Å². The third-order valence-electron chi connectivity index (χ3n) is 4.79. The fourth-order valence-electron chi connectivity index (χ4n) is 3.05. The van der Waals surface area contributed by atoms with Gasteiger partial charge in [-0.25, -0.2) is 0 Å². The van der Waals surface area contributed by atoms with Crippen LogP contribution in [-0.2, 0) is 27.3 Å². The number of halogens is 2. The summed E-state index contributed by atoms with van der Waals surface area (Å²) in [5.74, 6) is 0.562. The first-order chi connectivity index (χ1) is 15.4. The molecular weight excluding hydrogens is 475 g/mol. The molecule has 2 amide bonds. The number of ether oxygens (including phenoxy) is 3. The van der Waals surface area contributed by atoms with Crippen LogP contribution < -0.4 is 9.47 Å². The highest BCUT2D eigenvalue weighted by Crippen LogP contribution is 2.28. The Morgan fingerprint density at radius 1 is 1.03 bits per heavy atom. The van der Waals surface area contributed by atoms with E-state index in [2.05, 4.69) is 0 Å². The van der Waals surface area contributed by atoms with Gasteiger partial charge in [0.2, 0.25) is 5.91 Å². The summed E-state index contributed by atoms with van der Waals surface area (Å²) >= 11 is 13.1. The molecule has 1 heterocycles. The lowest BCUT2D eigenvalue weighted by atomic mass is 10.1. The number of hydrogen-bond donors (Lipinski definition) is 0. The summed E-state index contributed by atoms with van der Waals surface area (Å²) in [6.45, 7) is 1.27. The maximum Gasteiger partial charge on any atom is 0.256 e. The summed E-state index contributed by atoms with van der Waals surface area (Å²) in [6, 6.07) is 9.59. The number of methoxy groups -OCH3 is 3. The molecule has 0 spiro atoms. The van der Waals surface area contributed by atoms with Crippen molar-refractivity contribution >= 4 is 46.4 Å². The summed E-state index contributed by atoms with van der Waals surface area (Å²) in [5.41, 5.74) is 1.00. The minimum Gasteiger partial charge on any atom is -0.493 e. The van der Waals surface area contributed by atoms with Gasteiger partial charge in [-0.1, -0.05) is 35.3 Å².